The molecule has 0 spiro atoms. The quantitative estimate of drug-likeness (QED) is 0.151. The first kappa shape index (κ1) is 27.3. The first-order valence-electron chi connectivity index (χ1n) is 11.2. The maximum atomic E-state index is 5.85. The Kier molecular flexibility index (Phi) is 8.67. The molecule has 0 aliphatic rings. The zero-order valence-electron chi connectivity index (χ0n) is 20.6. The van der Waals surface area contributed by atoms with Crippen LogP contribution in [0.25, 0.3) is 43.9 Å². The molecule has 6 rings (SSSR count). The maximum absolute atomic E-state index is 5.85. The molecule has 5 nitrogen and oxygen atoms in total. The average Bonchev–Trinajstić information content (AvgIpc) is 3.40. The number of ether oxygens (including phenoxy) is 2. The van der Waals surface area contributed by atoms with E-state index < -0.39 is 0 Å². The number of methoxy groups -OCH3 is 2. The average molecular weight is 640 g/mol. The van der Waals surface area contributed by atoms with E-state index in [9.17, 15) is 0 Å². The first-order chi connectivity index (χ1) is 17.8. The van der Waals surface area contributed by atoms with Crippen molar-refractivity contribution in [2.75, 3.05) is 14.2 Å². The molecule has 187 valence electrons. The number of halogens is 2. The molecule has 0 saturated carbocycles. The number of hydrogen-bond donors (Lipinski definition) is 1. The predicted molar refractivity (Wildman–Crippen MR) is 163 cm³/mol. The van der Waals surface area contributed by atoms with Crippen molar-refractivity contribution in [1.82, 2.24) is 0 Å². The second kappa shape index (κ2) is 11.8. The molecular weight excluding hydrogens is 617 g/mol. The number of nitrogens with zero attached hydrogens (tertiary/aromatic N) is 1. The topological polar surface area (TPSA) is 57.1 Å². The zero-order chi connectivity index (χ0) is 26.7. The Morgan fingerprint density at radius 2 is 1.24 bits per heavy atom. The van der Waals surface area contributed by atoms with Crippen LogP contribution in [0.15, 0.2) is 82.7 Å². The van der Waals surface area contributed by atoms with E-state index in [1.54, 1.807) is 14.2 Å². The van der Waals surface area contributed by atoms with E-state index in [4.69, 9.17) is 18.3 Å². The summed E-state index contributed by atoms with van der Waals surface area (Å²) in [5.74, 6) is 1.67. The van der Waals surface area contributed by atoms with Crippen LogP contribution in [0, 0.1) is 13.8 Å². The second-order valence-electron chi connectivity index (χ2n) is 8.26. The van der Waals surface area contributed by atoms with E-state index >= 15 is 0 Å². The Morgan fingerprint density at radius 3 is 1.89 bits per heavy atom. The van der Waals surface area contributed by atoms with Crippen LogP contribution in [0.3, 0.4) is 0 Å². The third kappa shape index (κ3) is 5.74. The molecule has 9 heteroatoms. The molecule has 37 heavy (non-hydrogen) atoms. The molecule has 4 aromatic carbocycles. The SMILES string of the molecule is COc1cc2c(cc1Br)oc1cc(Br)c(C)cc12.COc1ccc2oc3ccc(C)cc3c2c1.[B]=NS. The summed E-state index contributed by atoms with van der Waals surface area (Å²) in [4.78, 5) is 0. The summed E-state index contributed by atoms with van der Waals surface area (Å²) >= 11 is 10.2. The Morgan fingerprint density at radius 1 is 0.703 bits per heavy atom. The Labute approximate surface area is 238 Å². The van der Waals surface area contributed by atoms with Gasteiger partial charge in [-0.2, -0.15) is 0 Å². The third-order valence-corrected chi connectivity index (χ3v) is 7.33. The second-order valence-corrected chi connectivity index (χ2v) is 10.2. The van der Waals surface area contributed by atoms with Crippen LogP contribution in [-0.4, -0.2) is 21.9 Å². The zero-order valence-corrected chi connectivity index (χ0v) is 24.7. The van der Waals surface area contributed by atoms with E-state index in [1.807, 2.05) is 42.5 Å². The summed E-state index contributed by atoms with van der Waals surface area (Å²) in [6, 6.07) is 20.2. The normalized spacial score (nSPS) is 10.6. The fourth-order valence-electron chi connectivity index (χ4n) is 4.06. The van der Waals surface area contributed by atoms with Gasteiger partial charge in [-0.1, -0.05) is 27.6 Å². The van der Waals surface area contributed by atoms with Gasteiger partial charge >= 0.3 is 24.8 Å². The van der Waals surface area contributed by atoms with Crippen molar-refractivity contribution >= 4 is 96.2 Å². The summed E-state index contributed by atoms with van der Waals surface area (Å²) in [5, 5.41) is 4.43. The molecule has 1 radical (unpaired) electrons. The van der Waals surface area contributed by atoms with Crippen molar-refractivity contribution in [2.45, 2.75) is 13.8 Å². The van der Waals surface area contributed by atoms with Crippen molar-refractivity contribution in [3.8, 4) is 11.5 Å². The molecule has 0 atom stereocenters. The standard InChI is InChI=1S/C14H10Br2O2.C14H12O2.BHNS/c1-7-3-8-9-4-14(17-2)11(16)6-13(9)18-12(8)5-10(7)15;1-9-3-5-13-11(7-9)12-8-10(15-2)4-6-14(12)16-13;1-2-3/h3-6H,1-2H3;3-8H,1-2H3;3H. The summed E-state index contributed by atoms with van der Waals surface area (Å²) in [7, 11) is 7.67. The molecule has 2 aromatic heterocycles. The van der Waals surface area contributed by atoms with Crippen molar-refractivity contribution < 1.29 is 18.3 Å². The molecule has 0 saturated heterocycles. The number of fused-ring (bicyclic) bond motifs is 6. The van der Waals surface area contributed by atoms with Crippen LogP contribution in [0.4, 0.5) is 0 Å². The van der Waals surface area contributed by atoms with Crippen molar-refractivity contribution in [2.24, 2.45) is 4.30 Å². The molecule has 0 bridgehead atoms. The van der Waals surface area contributed by atoms with Gasteiger partial charge in [-0.15, -0.1) is 0 Å². The van der Waals surface area contributed by atoms with Crippen LogP contribution in [0.1, 0.15) is 11.1 Å². The number of furan rings is 2. The summed E-state index contributed by atoms with van der Waals surface area (Å²) < 4.78 is 26.8. The van der Waals surface area contributed by atoms with Gasteiger partial charge in [0.15, 0.2) is 0 Å². The molecule has 0 aliphatic heterocycles. The van der Waals surface area contributed by atoms with Crippen LogP contribution in [-0.2, 0) is 0 Å². The van der Waals surface area contributed by atoms with Crippen LogP contribution in [0.2, 0.25) is 0 Å². The van der Waals surface area contributed by atoms with Crippen LogP contribution >= 0.6 is 44.7 Å². The first-order valence-corrected chi connectivity index (χ1v) is 13.1. The monoisotopic (exact) mass is 638 g/mol. The van der Waals surface area contributed by atoms with E-state index in [2.05, 4.69) is 88.7 Å². The number of rotatable bonds is 2. The van der Waals surface area contributed by atoms with E-state index in [0.29, 0.717) is 0 Å². The van der Waals surface area contributed by atoms with Crippen LogP contribution in [0.5, 0.6) is 11.5 Å². The van der Waals surface area contributed by atoms with Crippen LogP contribution < -0.4 is 9.47 Å². The third-order valence-electron chi connectivity index (χ3n) is 5.86. The predicted octanol–water partition coefficient (Wildman–Crippen LogP) is 9.51. The molecule has 2 heterocycles. The Bertz CT molecular complexity index is 1750. The fraction of sp³-hybridized carbons (Fsp3) is 0.143. The van der Waals surface area contributed by atoms with Gasteiger partial charge in [0.25, 0.3) is 0 Å². The molecular formula is C28H23BBr2NO4S. The minimum atomic E-state index is 0.811. The van der Waals surface area contributed by atoms with Crippen molar-refractivity contribution in [1.29, 1.82) is 0 Å². The van der Waals surface area contributed by atoms with Gasteiger partial charge < -0.3 is 18.3 Å². The van der Waals surface area contributed by atoms with Gasteiger partial charge in [-0.25, -0.2) is 0 Å². The Balaban J connectivity index is 0.000000157. The van der Waals surface area contributed by atoms with E-state index in [1.165, 1.54) is 11.1 Å². The molecule has 0 N–H and O–H groups in total. The van der Waals surface area contributed by atoms with Gasteiger partial charge in [0, 0.05) is 26.0 Å². The number of benzene rings is 4. The molecule has 0 amide bonds. The van der Waals surface area contributed by atoms with Gasteiger partial charge in [-0.05, 0) is 89.9 Å². The Hall–Kier alpha value is -2.75. The molecule has 6 aromatic rings. The van der Waals surface area contributed by atoms with Gasteiger partial charge in [0.05, 0.1) is 18.7 Å². The van der Waals surface area contributed by atoms with Crippen molar-refractivity contribution in [3.63, 3.8) is 0 Å². The number of hydrogen-bond acceptors (Lipinski definition) is 6. The van der Waals surface area contributed by atoms with Crippen molar-refractivity contribution in [3.05, 3.63) is 80.7 Å². The van der Waals surface area contributed by atoms with Gasteiger partial charge in [0.1, 0.15) is 33.8 Å². The van der Waals surface area contributed by atoms with E-state index in [-0.39, 0.29) is 0 Å². The molecule has 0 fully saturated rings. The number of thiol groups is 1. The summed E-state index contributed by atoms with van der Waals surface area (Å²) in [5.41, 5.74) is 5.98. The van der Waals surface area contributed by atoms with E-state index in [0.717, 1.165) is 64.3 Å². The summed E-state index contributed by atoms with van der Waals surface area (Å²) in [6.45, 7) is 4.15. The summed E-state index contributed by atoms with van der Waals surface area (Å²) in [6.07, 6.45) is 0. The number of aryl methyl sites for hydroxylation is 2. The fourth-order valence-corrected chi connectivity index (χ4v) is 4.87. The molecule has 0 aliphatic carbocycles. The minimum absolute atomic E-state index is 0.811. The molecule has 0 unspecified atom stereocenters. The van der Waals surface area contributed by atoms with Gasteiger partial charge in [0.2, 0.25) is 0 Å². The van der Waals surface area contributed by atoms with Gasteiger partial charge in [-0.3, -0.25) is 0 Å².